The second-order valence-corrected chi connectivity index (χ2v) is 23.4. The van der Waals surface area contributed by atoms with E-state index in [2.05, 4.69) is 135 Å². The zero-order valence-corrected chi connectivity index (χ0v) is 47.5. The van der Waals surface area contributed by atoms with Gasteiger partial charge >= 0.3 is 0 Å². The van der Waals surface area contributed by atoms with Crippen molar-refractivity contribution in [2.75, 3.05) is 118 Å². The number of hydrogen-bond donors (Lipinski definition) is 3. The molecule has 1 atom stereocenters. The van der Waals surface area contributed by atoms with Crippen molar-refractivity contribution in [2.45, 2.75) is 234 Å². The molecule has 1 aliphatic carbocycles. The van der Waals surface area contributed by atoms with Crippen LogP contribution in [0.15, 0.2) is 0 Å². The number of aliphatic hydroxyl groups is 1. The van der Waals surface area contributed by atoms with Gasteiger partial charge in [-0.2, -0.15) is 0 Å². The molecule has 1 amide bonds. The molecule has 0 aromatic carbocycles. The molecule has 6 heterocycles. The van der Waals surface area contributed by atoms with E-state index in [-0.39, 0.29) is 12.0 Å². The van der Waals surface area contributed by atoms with Crippen molar-refractivity contribution in [3.8, 4) is 0 Å². The van der Waals surface area contributed by atoms with Crippen molar-refractivity contribution in [2.24, 2.45) is 5.92 Å². The Bertz CT molecular complexity index is 1240. The normalized spacial score (nSPS) is 24.2. The predicted octanol–water partition coefficient (Wildman–Crippen LogP) is 7.40. The molecule has 1 saturated carbocycles. The van der Waals surface area contributed by atoms with Gasteiger partial charge in [0.25, 0.3) is 0 Å². The highest BCUT2D eigenvalue weighted by Crippen LogP contribution is 2.25. The van der Waals surface area contributed by atoms with Crippen molar-refractivity contribution >= 4 is 5.91 Å². The zero-order chi connectivity index (χ0) is 50.2. The number of nitrogens with one attached hydrogen (secondary N) is 2. The molecule has 12 heteroatoms. The van der Waals surface area contributed by atoms with Gasteiger partial charge in [-0.3, -0.25) is 19.5 Å². The van der Waals surface area contributed by atoms with Crippen LogP contribution >= 0.6 is 0 Å². The molecule has 3 N–H and O–H groups in total. The van der Waals surface area contributed by atoms with E-state index >= 15 is 0 Å². The first-order valence-electron chi connectivity index (χ1n) is 29.0. The summed E-state index contributed by atoms with van der Waals surface area (Å²) in [4.78, 5) is 30.7. The van der Waals surface area contributed by atoms with E-state index < -0.39 is 0 Å². The number of aliphatic hydroxyl groups excluding tert-OH is 1. The standard InChI is InChI=1S/C14H28N2.C12H26N2.C11H22N2O.C10H22N2.C9H18N2O/c1-13(2)16-10-8-15(9-11-16)12-14-6-4-3-5-7-14;1-5-11(4)13-12-6-8-14(9-7-12)10(2)3;1-9(2)12-5-3-10(4-6-12)13-7-11(14)8-13;1-4-11-10-5-7-12(8-6-10)9(2)3;1-8(2)10-4-6-11(7-5-10)9(3)12/h13-14H,3-12H2,1-2H3;10-13H,5-9H2,1-4H3;9-11,14H,3-8H2,1-2H3;9-11H,4-8H2,1-3H3;8H,4-7H2,1-3H3. The molecule has 0 spiro atoms. The minimum Gasteiger partial charge on any atom is -0.390 e. The first-order valence-corrected chi connectivity index (χ1v) is 29.0. The first-order chi connectivity index (χ1) is 32.4. The summed E-state index contributed by atoms with van der Waals surface area (Å²) < 4.78 is 0. The van der Waals surface area contributed by atoms with Gasteiger partial charge in [-0.05, 0) is 186 Å². The van der Waals surface area contributed by atoms with Crippen LogP contribution in [-0.2, 0) is 4.79 Å². The molecule has 7 rings (SSSR count). The molecule has 12 nitrogen and oxygen atoms in total. The minimum absolute atomic E-state index is 0.0434. The number of piperidine rings is 3. The Labute approximate surface area is 422 Å². The van der Waals surface area contributed by atoms with E-state index in [0.29, 0.717) is 18.1 Å². The maximum Gasteiger partial charge on any atom is 0.219 e. The van der Waals surface area contributed by atoms with Crippen LogP contribution in [0.4, 0.5) is 0 Å². The Morgan fingerprint density at radius 1 is 0.515 bits per heavy atom. The third kappa shape index (κ3) is 23.7. The van der Waals surface area contributed by atoms with Crippen molar-refractivity contribution < 1.29 is 9.90 Å². The number of amides is 1. The van der Waals surface area contributed by atoms with E-state index in [1.54, 1.807) is 6.92 Å². The lowest BCUT2D eigenvalue weighted by Crippen LogP contribution is -2.58. The van der Waals surface area contributed by atoms with Crippen LogP contribution in [0.3, 0.4) is 0 Å². The second-order valence-electron chi connectivity index (χ2n) is 23.4. The lowest BCUT2D eigenvalue weighted by atomic mass is 9.89. The Morgan fingerprint density at radius 2 is 0.912 bits per heavy atom. The van der Waals surface area contributed by atoms with E-state index in [4.69, 9.17) is 0 Å². The Morgan fingerprint density at radius 3 is 1.29 bits per heavy atom. The summed E-state index contributed by atoms with van der Waals surface area (Å²) in [5.41, 5.74) is 0. The monoisotopic (exact) mass is 961 g/mol. The lowest BCUT2D eigenvalue weighted by Gasteiger charge is -2.46. The van der Waals surface area contributed by atoms with Gasteiger partial charge in [0, 0.05) is 133 Å². The number of rotatable bonds is 13. The highest BCUT2D eigenvalue weighted by Gasteiger charge is 2.33. The molecule has 7 aliphatic rings. The fourth-order valence-corrected chi connectivity index (χ4v) is 11.3. The summed E-state index contributed by atoms with van der Waals surface area (Å²) in [7, 11) is 0. The van der Waals surface area contributed by atoms with Crippen LogP contribution in [0.1, 0.15) is 174 Å². The van der Waals surface area contributed by atoms with Crippen LogP contribution in [-0.4, -0.2) is 228 Å². The van der Waals surface area contributed by atoms with Crippen LogP contribution in [0.2, 0.25) is 0 Å². The molecule has 6 aliphatic heterocycles. The van der Waals surface area contributed by atoms with Crippen LogP contribution in [0.25, 0.3) is 0 Å². The summed E-state index contributed by atoms with van der Waals surface area (Å²) in [6.07, 6.45) is 16.5. The maximum absolute atomic E-state index is 11.0. The van der Waals surface area contributed by atoms with Gasteiger partial charge in [-0.1, -0.05) is 33.1 Å². The number of likely N-dealkylation sites (tertiary alicyclic amines) is 4. The fourth-order valence-electron chi connectivity index (χ4n) is 11.3. The second kappa shape index (κ2) is 33.7. The molecule has 402 valence electrons. The number of carbonyl (C=O) groups excluding carboxylic acids is 1. The Balaban J connectivity index is 0.000000226. The summed E-state index contributed by atoms with van der Waals surface area (Å²) in [6.45, 7) is 52.0. The summed E-state index contributed by atoms with van der Waals surface area (Å²) in [6, 6.07) is 6.46. The quantitative estimate of drug-likeness (QED) is 0.173. The lowest BCUT2D eigenvalue weighted by molar-refractivity contribution is -0.130. The van der Waals surface area contributed by atoms with Gasteiger partial charge in [0.05, 0.1) is 6.10 Å². The molecule has 0 bridgehead atoms. The molecule has 0 radical (unpaired) electrons. The molecule has 0 aromatic rings. The van der Waals surface area contributed by atoms with Gasteiger partial charge in [-0.25, -0.2) is 0 Å². The Kier molecular flexibility index (Phi) is 30.4. The average Bonchev–Trinajstić information content (AvgIpc) is 3.32. The minimum atomic E-state index is -0.0434. The number of piperazine rings is 2. The summed E-state index contributed by atoms with van der Waals surface area (Å²) in [5, 5.41) is 16.5. The van der Waals surface area contributed by atoms with E-state index in [1.165, 1.54) is 149 Å². The molecule has 0 aromatic heterocycles. The third-order valence-electron chi connectivity index (χ3n) is 16.6. The van der Waals surface area contributed by atoms with Crippen molar-refractivity contribution in [3.05, 3.63) is 0 Å². The van der Waals surface area contributed by atoms with Crippen LogP contribution < -0.4 is 10.6 Å². The fraction of sp³-hybridized carbons (Fsp3) is 0.982. The van der Waals surface area contributed by atoms with Gasteiger partial charge < -0.3 is 40.2 Å². The van der Waals surface area contributed by atoms with Crippen LogP contribution in [0.5, 0.6) is 0 Å². The topological polar surface area (TPSA) is 87.3 Å². The molecule has 1 unspecified atom stereocenters. The summed E-state index contributed by atoms with van der Waals surface area (Å²) in [5.74, 6) is 1.22. The summed E-state index contributed by atoms with van der Waals surface area (Å²) >= 11 is 0. The van der Waals surface area contributed by atoms with E-state index in [9.17, 15) is 9.90 Å². The average molecular weight is 962 g/mol. The number of carbonyl (C=O) groups is 1. The van der Waals surface area contributed by atoms with E-state index in [0.717, 1.165) is 88.0 Å². The zero-order valence-electron chi connectivity index (χ0n) is 47.5. The van der Waals surface area contributed by atoms with Crippen LogP contribution in [0, 0.1) is 5.92 Å². The molecule has 6 saturated heterocycles. The van der Waals surface area contributed by atoms with E-state index in [1.807, 2.05) is 4.90 Å². The van der Waals surface area contributed by atoms with Gasteiger partial charge in [0.2, 0.25) is 5.91 Å². The van der Waals surface area contributed by atoms with Gasteiger partial charge in [-0.15, -0.1) is 0 Å². The molecular formula is C56H116N10O2. The maximum atomic E-state index is 11.0. The van der Waals surface area contributed by atoms with Crippen molar-refractivity contribution in [1.82, 2.24) is 49.8 Å². The Hall–Kier alpha value is -0.930. The highest BCUT2D eigenvalue weighted by molar-refractivity contribution is 5.73. The largest absolute Gasteiger partial charge is 0.390 e. The molecule has 68 heavy (non-hydrogen) atoms. The molecule has 7 fully saturated rings. The van der Waals surface area contributed by atoms with Gasteiger partial charge in [0.15, 0.2) is 0 Å². The highest BCUT2D eigenvalue weighted by atomic mass is 16.3. The van der Waals surface area contributed by atoms with Gasteiger partial charge in [0.1, 0.15) is 0 Å². The molecular weight excluding hydrogens is 845 g/mol. The van der Waals surface area contributed by atoms with Crippen molar-refractivity contribution in [3.63, 3.8) is 0 Å². The smallest absolute Gasteiger partial charge is 0.219 e. The van der Waals surface area contributed by atoms with Crippen molar-refractivity contribution in [1.29, 1.82) is 0 Å². The first kappa shape index (κ1) is 61.4. The predicted molar refractivity (Wildman–Crippen MR) is 292 cm³/mol. The third-order valence-corrected chi connectivity index (χ3v) is 16.6. The number of nitrogens with zero attached hydrogens (tertiary/aromatic N) is 8. The number of hydrogen-bond acceptors (Lipinski definition) is 11. The number of β-amino-alcohol motifs (C(OH)–C–C–N with tert-alkyl or cyclic N) is 1. The SMILES string of the molecule is CC(=O)N1CCN(C(C)C)CC1.CC(C)N1CCC(N2CC(O)C2)CC1.CC(C)N1CCN(CC2CCCCC2)CC1.CCC(C)NC1CCN(C(C)C)CC1.CCNC1CCN(C(C)C)CC1.